The number of hydrogen-bond acceptors (Lipinski definition) is 3. The molecule has 2 N–H and O–H groups in total. The Bertz CT molecular complexity index is 520. The summed E-state index contributed by atoms with van der Waals surface area (Å²) >= 11 is 0. The summed E-state index contributed by atoms with van der Waals surface area (Å²) in [6, 6.07) is 2.05. The summed E-state index contributed by atoms with van der Waals surface area (Å²) < 4.78 is 2.08. The molecule has 0 radical (unpaired) electrons. The molecule has 16 heavy (non-hydrogen) atoms. The molecular formula is C12H18N4. The molecule has 0 aliphatic carbocycles. The molecule has 2 aromatic rings. The summed E-state index contributed by atoms with van der Waals surface area (Å²) in [5, 5.41) is 0. The zero-order chi connectivity index (χ0) is 11.9. The lowest BCUT2D eigenvalue weighted by molar-refractivity contribution is 0.434. The SMILES string of the molecule is Cc1cnc2c(c1)nc(C)n2CC(C)(C)N. The van der Waals surface area contributed by atoms with Crippen molar-refractivity contribution in [2.45, 2.75) is 39.8 Å². The maximum Gasteiger partial charge on any atom is 0.160 e. The van der Waals surface area contributed by atoms with Crippen LogP contribution in [0.25, 0.3) is 11.2 Å². The van der Waals surface area contributed by atoms with E-state index in [9.17, 15) is 0 Å². The standard InChI is InChI=1S/C12H18N4/c1-8-5-10-11(14-6-8)16(9(2)15-10)7-12(3,4)13/h5-6H,7,13H2,1-4H3. The van der Waals surface area contributed by atoms with Gasteiger partial charge in [0.15, 0.2) is 5.65 Å². The Kier molecular flexibility index (Phi) is 2.46. The Labute approximate surface area is 95.5 Å². The van der Waals surface area contributed by atoms with Crippen LogP contribution in [0.15, 0.2) is 12.3 Å². The van der Waals surface area contributed by atoms with Crippen LogP contribution in [-0.2, 0) is 6.54 Å². The van der Waals surface area contributed by atoms with Crippen molar-refractivity contribution in [2.24, 2.45) is 5.73 Å². The van der Waals surface area contributed by atoms with Gasteiger partial charge in [0.25, 0.3) is 0 Å². The van der Waals surface area contributed by atoms with Gasteiger partial charge in [-0.3, -0.25) is 0 Å². The summed E-state index contributed by atoms with van der Waals surface area (Å²) in [6.07, 6.45) is 1.86. The van der Waals surface area contributed by atoms with Crippen LogP contribution in [0.5, 0.6) is 0 Å². The Morgan fingerprint density at radius 2 is 2.06 bits per heavy atom. The highest BCUT2D eigenvalue weighted by Gasteiger charge is 2.16. The van der Waals surface area contributed by atoms with Crippen LogP contribution >= 0.6 is 0 Å². The van der Waals surface area contributed by atoms with Gasteiger partial charge in [0, 0.05) is 18.3 Å². The second-order valence-corrected chi connectivity index (χ2v) is 5.09. The Balaban J connectivity index is 2.56. The maximum atomic E-state index is 6.04. The fourth-order valence-corrected chi connectivity index (χ4v) is 1.82. The van der Waals surface area contributed by atoms with E-state index in [4.69, 9.17) is 5.73 Å². The minimum Gasteiger partial charge on any atom is -0.324 e. The number of nitrogens with two attached hydrogens (primary N) is 1. The van der Waals surface area contributed by atoms with Crippen LogP contribution < -0.4 is 5.73 Å². The zero-order valence-electron chi connectivity index (χ0n) is 10.3. The molecular weight excluding hydrogens is 200 g/mol. The fourth-order valence-electron chi connectivity index (χ4n) is 1.82. The molecule has 86 valence electrons. The van der Waals surface area contributed by atoms with E-state index in [0.29, 0.717) is 0 Å². The van der Waals surface area contributed by atoms with Crippen LogP contribution in [-0.4, -0.2) is 20.1 Å². The van der Waals surface area contributed by atoms with Crippen molar-refractivity contribution in [1.29, 1.82) is 0 Å². The Morgan fingerprint density at radius 1 is 1.38 bits per heavy atom. The van der Waals surface area contributed by atoms with Crippen LogP contribution in [0, 0.1) is 13.8 Å². The molecule has 0 atom stereocenters. The number of hydrogen-bond donors (Lipinski definition) is 1. The number of aromatic nitrogens is 3. The molecule has 0 saturated heterocycles. The van der Waals surface area contributed by atoms with E-state index >= 15 is 0 Å². The van der Waals surface area contributed by atoms with Gasteiger partial charge >= 0.3 is 0 Å². The van der Waals surface area contributed by atoms with Gasteiger partial charge in [0.05, 0.1) is 0 Å². The summed E-state index contributed by atoms with van der Waals surface area (Å²) in [5.74, 6) is 0.964. The Morgan fingerprint density at radius 3 is 2.69 bits per heavy atom. The Hall–Kier alpha value is -1.42. The lowest BCUT2D eigenvalue weighted by Gasteiger charge is -2.20. The van der Waals surface area contributed by atoms with E-state index in [-0.39, 0.29) is 5.54 Å². The second kappa shape index (κ2) is 3.56. The summed E-state index contributed by atoms with van der Waals surface area (Å²) in [7, 11) is 0. The minimum atomic E-state index is -0.259. The van der Waals surface area contributed by atoms with Crippen LogP contribution in [0.4, 0.5) is 0 Å². The molecule has 4 heteroatoms. The first-order valence-electron chi connectivity index (χ1n) is 5.45. The van der Waals surface area contributed by atoms with Gasteiger partial charge < -0.3 is 10.3 Å². The molecule has 0 spiro atoms. The third kappa shape index (κ3) is 2.07. The van der Waals surface area contributed by atoms with Gasteiger partial charge in [0.2, 0.25) is 0 Å². The van der Waals surface area contributed by atoms with E-state index in [0.717, 1.165) is 29.1 Å². The van der Waals surface area contributed by atoms with E-state index in [1.165, 1.54) is 0 Å². The number of rotatable bonds is 2. The molecule has 0 aliphatic rings. The molecule has 0 bridgehead atoms. The third-order valence-electron chi connectivity index (χ3n) is 2.48. The van der Waals surface area contributed by atoms with Gasteiger partial charge in [-0.15, -0.1) is 0 Å². The number of nitrogens with zero attached hydrogens (tertiary/aromatic N) is 3. The van der Waals surface area contributed by atoms with Crippen molar-refractivity contribution < 1.29 is 0 Å². The predicted octanol–water partition coefficient (Wildman–Crippen LogP) is 1.79. The highest BCUT2D eigenvalue weighted by atomic mass is 15.1. The molecule has 0 fully saturated rings. The molecule has 0 saturated carbocycles. The molecule has 0 amide bonds. The van der Waals surface area contributed by atoms with Gasteiger partial charge in [-0.25, -0.2) is 9.97 Å². The third-order valence-corrected chi connectivity index (χ3v) is 2.48. The number of pyridine rings is 1. The molecule has 2 rings (SSSR count). The van der Waals surface area contributed by atoms with Crippen molar-refractivity contribution in [3.8, 4) is 0 Å². The largest absolute Gasteiger partial charge is 0.324 e. The summed E-state index contributed by atoms with van der Waals surface area (Å²) in [5.41, 5.74) is 8.77. The first-order chi connectivity index (χ1) is 7.37. The average molecular weight is 218 g/mol. The molecule has 0 unspecified atom stereocenters. The van der Waals surface area contributed by atoms with E-state index in [1.54, 1.807) is 0 Å². The minimum absolute atomic E-state index is 0.259. The van der Waals surface area contributed by atoms with Crippen molar-refractivity contribution in [1.82, 2.24) is 14.5 Å². The highest BCUT2D eigenvalue weighted by molar-refractivity contribution is 5.72. The molecule has 0 aromatic carbocycles. The predicted molar refractivity (Wildman–Crippen MR) is 65.3 cm³/mol. The van der Waals surface area contributed by atoms with Crippen molar-refractivity contribution in [3.63, 3.8) is 0 Å². The van der Waals surface area contributed by atoms with Crippen LogP contribution in [0.2, 0.25) is 0 Å². The quantitative estimate of drug-likeness (QED) is 0.836. The molecule has 0 aliphatic heterocycles. The highest BCUT2D eigenvalue weighted by Crippen LogP contribution is 2.16. The van der Waals surface area contributed by atoms with Crippen LogP contribution in [0.1, 0.15) is 25.2 Å². The lowest BCUT2D eigenvalue weighted by atomic mass is 10.1. The van der Waals surface area contributed by atoms with Crippen molar-refractivity contribution in [3.05, 3.63) is 23.7 Å². The fraction of sp³-hybridized carbons (Fsp3) is 0.500. The molecule has 4 nitrogen and oxygen atoms in total. The van der Waals surface area contributed by atoms with Gasteiger partial charge in [-0.2, -0.15) is 0 Å². The smallest absolute Gasteiger partial charge is 0.160 e. The van der Waals surface area contributed by atoms with E-state index in [1.807, 2.05) is 33.9 Å². The average Bonchev–Trinajstić information content (AvgIpc) is 2.40. The van der Waals surface area contributed by atoms with Gasteiger partial charge in [-0.05, 0) is 39.3 Å². The zero-order valence-corrected chi connectivity index (χ0v) is 10.3. The summed E-state index contributed by atoms with van der Waals surface area (Å²) in [4.78, 5) is 8.93. The first kappa shape index (κ1) is 11.1. The normalized spacial score (nSPS) is 12.3. The maximum absolute atomic E-state index is 6.04. The van der Waals surface area contributed by atoms with Crippen molar-refractivity contribution >= 4 is 11.2 Å². The summed E-state index contributed by atoms with van der Waals surface area (Å²) in [6.45, 7) is 8.75. The van der Waals surface area contributed by atoms with Gasteiger partial charge in [0.1, 0.15) is 11.3 Å². The van der Waals surface area contributed by atoms with Gasteiger partial charge in [-0.1, -0.05) is 0 Å². The van der Waals surface area contributed by atoms with E-state index < -0.39 is 0 Å². The molecule has 2 heterocycles. The monoisotopic (exact) mass is 218 g/mol. The molecule has 2 aromatic heterocycles. The number of imidazole rings is 1. The second-order valence-electron chi connectivity index (χ2n) is 5.09. The first-order valence-corrected chi connectivity index (χ1v) is 5.45. The topological polar surface area (TPSA) is 56.7 Å². The lowest BCUT2D eigenvalue weighted by Crippen LogP contribution is -2.37. The van der Waals surface area contributed by atoms with Crippen molar-refractivity contribution in [2.75, 3.05) is 0 Å². The van der Waals surface area contributed by atoms with Crippen LogP contribution in [0.3, 0.4) is 0 Å². The number of aryl methyl sites for hydroxylation is 2. The van der Waals surface area contributed by atoms with E-state index in [2.05, 4.69) is 20.6 Å². The number of fused-ring (bicyclic) bond motifs is 1.